The first-order valence-corrected chi connectivity index (χ1v) is 5.12. The van der Waals surface area contributed by atoms with Crippen molar-refractivity contribution in [1.82, 2.24) is 0 Å². The predicted molar refractivity (Wildman–Crippen MR) is 39.0 cm³/mol. The van der Waals surface area contributed by atoms with Crippen molar-refractivity contribution in [3.8, 4) is 0 Å². The van der Waals surface area contributed by atoms with Crippen LogP contribution in [0.3, 0.4) is 0 Å². The lowest BCUT2D eigenvalue weighted by Gasteiger charge is -2.13. The van der Waals surface area contributed by atoms with Crippen LogP contribution in [0.1, 0.15) is 13.3 Å². The first-order chi connectivity index (χ1) is 4.86. The molecule has 0 saturated carbocycles. The van der Waals surface area contributed by atoms with Crippen LogP contribution in [0.4, 0.5) is 0 Å². The van der Waals surface area contributed by atoms with Crippen molar-refractivity contribution in [1.29, 1.82) is 0 Å². The summed E-state index contributed by atoms with van der Waals surface area (Å²) in [6, 6.07) is 0. The Hall–Kier alpha value is -0.580. The molecule has 0 aromatic carbocycles. The Morgan fingerprint density at radius 1 is 1.55 bits per heavy atom. The first-order valence-electron chi connectivity index (χ1n) is 3.30. The van der Waals surface area contributed by atoms with E-state index >= 15 is 0 Å². The number of hydrogen-bond donors (Lipinski definition) is 1. The van der Waals surface area contributed by atoms with E-state index in [4.69, 9.17) is 5.11 Å². The lowest BCUT2D eigenvalue weighted by Crippen LogP contribution is -2.28. The Balaban J connectivity index is 2.90. The average Bonchev–Trinajstić information content (AvgIpc) is 2.08. The predicted octanol–water partition coefficient (Wildman–Crippen LogP) is -0.104. The monoisotopic (exact) mass is 178 g/mol. The lowest BCUT2D eigenvalue weighted by molar-refractivity contribution is -0.146. The summed E-state index contributed by atoms with van der Waals surface area (Å²) in [5.74, 6) is -1.22. The summed E-state index contributed by atoms with van der Waals surface area (Å²) in [6.07, 6.45) is 0.241. The smallest absolute Gasteiger partial charge is 0.310 e. The van der Waals surface area contributed by atoms with E-state index < -0.39 is 21.2 Å². The molecule has 1 N–H and O–H groups in total. The second kappa shape index (κ2) is 2.20. The van der Waals surface area contributed by atoms with Crippen LogP contribution in [0.5, 0.6) is 0 Å². The van der Waals surface area contributed by atoms with Crippen molar-refractivity contribution in [3.63, 3.8) is 0 Å². The van der Waals surface area contributed by atoms with Gasteiger partial charge in [0.1, 0.15) is 0 Å². The number of sulfone groups is 1. The van der Waals surface area contributed by atoms with Crippen LogP contribution in [0.2, 0.25) is 0 Å². The summed E-state index contributed by atoms with van der Waals surface area (Å²) in [5, 5.41) is 8.64. The molecule has 1 rings (SSSR count). The second-order valence-corrected chi connectivity index (χ2v) is 5.39. The number of carboxylic acid groups (broad SMARTS) is 1. The van der Waals surface area contributed by atoms with Gasteiger partial charge in [0.25, 0.3) is 0 Å². The Labute approximate surface area is 65.1 Å². The van der Waals surface area contributed by atoms with Gasteiger partial charge < -0.3 is 5.11 Å². The maximum atomic E-state index is 10.9. The standard InChI is InChI=1S/C6H10O4S/c1-6(5(7)8)2-3-11(9,10)4-6/h2-4H2,1H3,(H,7,8). The van der Waals surface area contributed by atoms with Gasteiger partial charge in [-0.1, -0.05) is 0 Å². The Kier molecular flexibility index (Phi) is 1.70. The highest BCUT2D eigenvalue weighted by molar-refractivity contribution is 7.91. The Bertz CT molecular complexity index is 279. The minimum atomic E-state index is -3.08. The SMILES string of the molecule is CC1(C(=O)O)CCS(=O)(=O)C1. The second-order valence-electron chi connectivity index (χ2n) is 3.21. The van der Waals surface area contributed by atoms with Gasteiger partial charge in [0, 0.05) is 0 Å². The minimum Gasteiger partial charge on any atom is -0.481 e. The molecule has 64 valence electrons. The third-order valence-electron chi connectivity index (χ3n) is 2.02. The number of carboxylic acids is 1. The third-order valence-corrected chi connectivity index (χ3v) is 3.92. The molecule has 5 heteroatoms. The van der Waals surface area contributed by atoms with Gasteiger partial charge in [0.05, 0.1) is 16.9 Å². The molecule has 1 unspecified atom stereocenters. The minimum absolute atomic E-state index is 0.00972. The summed E-state index contributed by atoms with van der Waals surface area (Å²) in [4.78, 5) is 10.5. The molecule has 1 heterocycles. The summed E-state index contributed by atoms with van der Waals surface area (Å²) in [5.41, 5.74) is -1.04. The fourth-order valence-electron chi connectivity index (χ4n) is 1.18. The zero-order valence-corrected chi connectivity index (χ0v) is 7.02. The van der Waals surface area contributed by atoms with Crippen molar-refractivity contribution in [2.75, 3.05) is 11.5 Å². The lowest BCUT2D eigenvalue weighted by atomic mass is 9.91. The highest BCUT2D eigenvalue weighted by Crippen LogP contribution is 2.31. The topological polar surface area (TPSA) is 71.4 Å². The van der Waals surface area contributed by atoms with Crippen LogP contribution >= 0.6 is 0 Å². The maximum absolute atomic E-state index is 10.9. The molecule has 0 spiro atoms. The fourth-order valence-corrected chi connectivity index (χ4v) is 3.32. The molecular formula is C6H10O4S. The largest absolute Gasteiger partial charge is 0.481 e. The van der Waals surface area contributed by atoms with E-state index in [-0.39, 0.29) is 17.9 Å². The summed E-state index contributed by atoms with van der Waals surface area (Å²) in [7, 11) is -3.08. The van der Waals surface area contributed by atoms with Crippen LogP contribution in [0.25, 0.3) is 0 Å². The molecule has 1 atom stereocenters. The molecule has 1 fully saturated rings. The van der Waals surface area contributed by atoms with E-state index in [1.54, 1.807) is 0 Å². The average molecular weight is 178 g/mol. The first kappa shape index (κ1) is 8.52. The van der Waals surface area contributed by atoms with Gasteiger partial charge in [0.15, 0.2) is 9.84 Å². The van der Waals surface area contributed by atoms with Gasteiger partial charge in [-0.15, -0.1) is 0 Å². The molecule has 0 aliphatic carbocycles. The molecule has 0 bridgehead atoms. The molecule has 1 aliphatic heterocycles. The summed E-state index contributed by atoms with van der Waals surface area (Å²) < 4.78 is 21.8. The zero-order chi connectivity index (χ0) is 8.70. The van der Waals surface area contributed by atoms with Crippen LogP contribution in [0, 0.1) is 5.41 Å². The Morgan fingerprint density at radius 2 is 2.09 bits per heavy atom. The molecule has 1 aliphatic rings. The zero-order valence-electron chi connectivity index (χ0n) is 6.20. The number of hydrogen-bond acceptors (Lipinski definition) is 3. The molecule has 0 aromatic rings. The highest BCUT2D eigenvalue weighted by Gasteiger charge is 2.44. The van der Waals surface area contributed by atoms with Gasteiger partial charge in [-0.2, -0.15) is 0 Å². The quantitative estimate of drug-likeness (QED) is 0.608. The Morgan fingerprint density at radius 3 is 2.27 bits per heavy atom. The van der Waals surface area contributed by atoms with E-state index in [0.29, 0.717) is 0 Å². The van der Waals surface area contributed by atoms with Gasteiger partial charge >= 0.3 is 5.97 Å². The maximum Gasteiger partial charge on any atom is 0.310 e. The van der Waals surface area contributed by atoms with Crippen LogP contribution in [-0.4, -0.2) is 31.0 Å². The molecule has 0 amide bonds. The van der Waals surface area contributed by atoms with Gasteiger partial charge in [0.2, 0.25) is 0 Å². The van der Waals surface area contributed by atoms with Crippen molar-refractivity contribution in [2.45, 2.75) is 13.3 Å². The van der Waals surface area contributed by atoms with Crippen LogP contribution < -0.4 is 0 Å². The van der Waals surface area contributed by atoms with E-state index in [1.165, 1.54) is 6.92 Å². The molecular weight excluding hydrogens is 168 g/mol. The normalized spacial score (nSPS) is 35.4. The summed E-state index contributed by atoms with van der Waals surface area (Å²) >= 11 is 0. The van der Waals surface area contributed by atoms with Gasteiger partial charge in [-0.25, -0.2) is 8.42 Å². The fraction of sp³-hybridized carbons (Fsp3) is 0.833. The molecule has 0 aromatic heterocycles. The van der Waals surface area contributed by atoms with E-state index in [9.17, 15) is 13.2 Å². The van der Waals surface area contributed by atoms with Gasteiger partial charge in [-0.3, -0.25) is 4.79 Å². The van der Waals surface area contributed by atoms with E-state index in [1.807, 2.05) is 0 Å². The number of aliphatic carboxylic acids is 1. The summed E-state index contributed by atoms with van der Waals surface area (Å²) in [6.45, 7) is 1.47. The van der Waals surface area contributed by atoms with Crippen molar-refractivity contribution >= 4 is 15.8 Å². The number of rotatable bonds is 1. The van der Waals surface area contributed by atoms with Crippen molar-refractivity contribution < 1.29 is 18.3 Å². The third kappa shape index (κ3) is 1.53. The highest BCUT2D eigenvalue weighted by atomic mass is 32.2. The molecule has 4 nitrogen and oxygen atoms in total. The van der Waals surface area contributed by atoms with E-state index in [2.05, 4.69) is 0 Å². The van der Waals surface area contributed by atoms with Crippen molar-refractivity contribution in [3.05, 3.63) is 0 Å². The van der Waals surface area contributed by atoms with Crippen LogP contribution in [-0.2, 0) is 14.6 Å². The van der Waals surface area contributed by atoms with Crippen LogP contribution in [0.15, 0.2) is 0 Å². The molecule has 1 saturated heterocycles. The molecule has 11 heavy (non-hydrogen) atoms. The van der Waals surface area contributed by atoms with Gasteiger partial charge in [-0.05, 0) is 13.3 Å². The molecule has 0 radical (unpaired) electrons. The van der Waals surface area contributed by atoms with E-state index in [0.717, 1.165) is 0 Å². The van der Waals surface area contributed by atoms with Crippen molar-refractivity contribution in [2.24, 2.45) is 5.41 Å². The number of carbonyl (C=O) groups is 1.